The third kappa shape index (κ3) is 3.62. The van der Waals surface area contributed by atoms with Crippen molar-refractivity contribution in [3.8, 4) is 0 Å². The van der Waals surface area contributed by atoms with Crippen molar-refractivity contribution in [2.24, 2.45) is 34.5 Å². The van der Waals surface area contributed by atoms with Gasteiger partial charge in [0.25, 0.3) is 0 Å². The molecule has 3 unspecified atom stereocenters. The highest BCUT2D eigenvalue weighted by atomic mass is 16.6. The Morgan fingerprint density at radius 1 is 1.17 bits per heavy atom. The number of amides is 1. The second-order valence-corrected chi connectivity index (χ2v) is 11.2. The first-order valence-electron chi connectivity index (χ1n) is 12.5. The number of nitrogens with one attached hydrogen (secondary N) is 1. The monoisotopic (exact) mass is 415 g/mol. The van der Waals surface area contributed by atoms with E-state index < -0.39 is 0 Å². The topological polar surface area (TPSA) is 55.4 Å². The maximum Gasteiger partial charge on any atom is 0.407 e. The molecular weight excluding hydrogens is 374 g/mol. The van der Waals surface area contributed by atoms with Crippen LogP contribution in [0.2, 0.25) is 0 Å². The zero-order chi connectivity index (χ0) is 21.5. The first-order valence-corrected chi connectivity index (χ1v) is 12.5. The quantitative estimate of drug-likeness (QED) is 0.556. The SMILES string of the molecule is CCCCCNC(=O)O[C@H]1CCC2C3C(CC[C@@]21C)[C@@]1(C)CCC(=O)C=C1C[C@@H]3C. The van der Waals surface area contributed by atoms with Gasteiger partial charge in [-0.1, -0.05) is 46.1 Å². The lowest BCUT2D eigenvalue weighted by atomic mass is 9.45. The Kier molecular flexibility index (Phi) is 6.07. The Morgan fingerprint density at radius 3 is 2.73 bits per heavy atom. The Hall–Kier alpha value is -1.32. The summed E-state index contributed by atoms with van der Waals surface area (Å²) in [6.07, 6.45) is 12.4. The molecule has 4 aliphatic rings. The van der Waals surface area contributed by atoms with E-state index in [9.17, 15) is 9.59 Å². The molecule has 0 bridgehead atoms. The van der Waals surface area contributed by atoms with Crippen LogP contribution in [0, 0.1) is 34.5 Å². The van der Waals surface area contributed by atoms with Crippen molar-refractivity contribution in [3.05, 3.63) is 11.6 Å². The minimum Gasteiger partial charge on any atom is -0.446 e. The zero-order valence-electron chi connectivity index (χ0n) is 19.5. The van der Waals surface area contributed by atoms with E-state index in [-0.39, 0.29) is 23.0 Å². The molecule has 4 rings (SSSR count). The fraction of sp³-hybridized carbons (Fsp3) is 0.846. The second kappa shape index (κ2) is 8.31. The maximum absolute atomic E-state index is 12.4. The molecule has 0 spiro atoms. The summed E-state index contributed by atoms with van der Waals surface area (Å²) in [5, 5.41) is 2.97. The van der Waals surface area contributed by atoms with E-state index in [1.807, 2.05) is 6.08 Å². The summed E-state index contributed by atoms with van der Waals surface area (Å²) in [5.74, 6) is 2.90. The number of hydrogen-bond donors (Lipinski definition) is 1. The largest absolute Gasteiger partial charge is 0.446 e. The van der Waals surface area contributed by atoms with E-state index in [0.717, 1.165) is 44.9 Å². The fourth-order valence-corrected chi connectivity index (χ4v) is 7.79. The van der Waals surface area contributed by atoms with Crippen LogP contribution in [0.4, 0.5) is 4.79 Å². The van der Waals surface area contributed by atoms with Gasteiger partial charge in [0.05, 0.1) is 0 Å². The lowest BCUT2D eigenvalue weighted by Gasteiger charge is -2.59. The third-order valence-corrected chi connectivity index (χ3v) is 9.52. The average molecular weight is 416 g/mol. The summed E-state index contributed by atoms with van der Waals surface area (Å²) in [5.41, 5.74) is 1.72. The summed E-state index contributed by atoms with van der Waals surface area (Å²) >= 11 is 0. The van der Waals surface area contributed by atoms with Gasteiger partial charge >= 0.3 is 6.09 Å². The Labute approximate surface area is 182 Å². The summed E-state index contributed by atoms with van der Waals surface area (Å²) in [6, 6.07) is 0. The molecule has 3 saturated carbocycles. The highest BCUT2D eigenvalue weighted by Crippen LogP contribution is 2.66. The number of ether oxygens (including phenoxy) is 1. The predicted molar refractivity (Wildman–Crippen MR) is 119 cm³/mol. The second-order valence-electron chi connectivity index (χ2n) is 11.2. The van der Waals surface area contributed by atoms with Crippen LogP contribution in [0.15, 0.2) is 11.6 Å². The van der Waals surface area contributed by atoms with Gasteiger partial charge in [-0.05, 0) is 80.1 Å². The summed E-state index contributed by atoms with van der Waals surface area (Å²) in [4.78, 5) is 24.5. The zero-order valence-corrected chi connectivity index (χ0v) is 19.5. The van der Waals surface area contributed by atoms with Crippen LogP contribution < -0.4 is 5.32 Å². The van der Waals surface area contributed by atoms with Crippen LogP contribution in [0.1, 0.15) is 91.9 Å². The summed E-state index contributed by atoms with van der Waals surface area (Å²) in [6.45, 7) is 10.1. The van der Waals surface area contributed by atoms with Gasteiger partial charge in [0.15, 0.2) is 5.78 Å². The van der Waals surface area contributed by atoms with Crippen LogP contribution >= 0.6 is 0 Å². The number of fused-ring (bicyclic) bond motifs is 5. The molecule has 0 aromatic rings. The molecule has 0 aliphatic heterocycles. The molecule has 30 heavy (non-hydrogen) atoms. The van der Waals surface area contributed by atoms with Gasteiger partial charge in [0.2, 0.25) is 0 Å². The highest BCUT2D eigenvalue weighted by molar-refractivity contribution is 5.91. The highest BCUT2D eigenvalue weighted by Gasteiger charge is 2.61. The molecule has 168 valence electrons. The lowest BCUT2D eigenvalue weighted by molar-refractivity contribution is -0.119. The smallest absolute Gasteiger partial charge is 0.407 e. The number of rotatable bonds is 5. The standard InChI is InChI=1S/C26H41NO3/c1-5-6-7-14-27-24(29)30-22-9-8-20-23-17(2)15-18-16-19(28)10-12-25(18,3)21(23)11-13-26(20,22)4/h16-17,20-23H,5-15H2,1-4H3,(H,27,29)/t17-,20?,21?,22-,23?,25-,26-/m0/s1. The molecule has 4 nitrogen and oxygen atoms in total. The van der Waals surface area contributed by atoms with E-state index in [1.165, 1.54) is 18.4 Å². The first kappa shape index (κ1) is 21.9. The van der Waals surface area contributed by atoms with Crippen LogP contribution in [0.25, 0.3) is 0 Å². The van der Waals surface area contributed by atoms with Crippen molar-refractivity contribution in [1.82, 2.24) is 5.32 Å². The van der Waals surface area contributed by atoms with Crippen LogP contribution in [0.3, 0.4) is 0 Å². The molecule has 0 heterocycles. The number of ketones is 1. The number of alkyl carbamates (subject to hydrolysis) is 1. The number of carbonyl (C=O) groups excluding carboxylic acids is 2. The number of unbranched alkanes of at least 4 members (excludes halogenated alkanes) is 2. The molecule has 1 N–H and O–H groups in total. The van der Waals surface area contributed by atoms with Gasteiger partial charge in [-0.25, -0.2) is 4.79 Å². The summed E-state index contributed by atoms with van der Waals surface area (Å²) < 4.78 is 6.02. The Morgan fingerprint density at radius 2 is 1.97 bits per heavy atom. The third-order valence-electron chi connectivity index (χ3n) is 9.52. The van der Waals surface area contributed by atoms with Gasteiger partial charge in [-0.15, -0.1) is 0 Å². The molecule has 4 heteroatoms. The summed E-state index contributed by atoms with van der Waals surface area (Å²) in [7, 11) is 0. The van der Waals surface area contributed by atoms with Crippen molar-refractivity contribution in [2.75, 3.05) is 6.54 Å². The van der Waals surface area contributed by atoms with Gasteiger partial charge in [-0.3, -0.25) is 4.79 Å². The van der Waals surface area contributed by atoms with E-state index in [0.29, 0.717) is 42.4 Å². The minimum atomic E-state index is -0.222. The molecule has 4 aliphatic carbocycles. The van der Waals surface area contributed by atoms with E-state index in [4.69, 9.17) is 4.74 Å². The normalized spacial score (nSPS) is 42.6. The van der Waals surface area contributed by atoms with E-state index >= 15 is 0 Å². The van der Waals surface area contributed by atoms with Crippen molar-refractivity contribution in [3.63, 3.8) is 0 Å². The van der Waals surface area contributed by atoms with Gasteiger partial charge in [-0.2, -0.15) is 0 Å². The molecular formula is C26H41NO3. The Bertz CT molecular complexity index is 715. The molecule has 7 atom stereocenters. The molecule has 1 amide bonds. The maximum atomic E-state index is 12.4. The molecule has 0 radical (unpaired) electrons. The van der Waals surface area contributed by atoms with Crippen LogP contribution in [0.5, 0.6) is 0 Å². The number of allylic oxidation sites excluding steroid dienone is 1. The number of carbonyl (C=O) groups is 2. The fourth-order valence-electron chi connectivity index (χ4n) is 7.79. The van der Waals surface area contributed by atoms with E-state index in [1.54, 1.807) is 0 Å². The van der Waals surface area contributed by atoms with Crippen molar-refractivity contribution >= 4 is 11.9 Å². The van der Waals surface area contributed by atoms with Crippen LogP contribution in [-0.2, 0) is 9.53 Å². The Balaban J connectivity index is 1.47. The number of hydrogen-bond acceptors (Lipinski definition) is 3. The first-order chi connectivity index (χ1) is 14.3. The lowest BCUT2D eigenvalue weighted by Crippen LogP contribution is -2.54. The van der Waals surface area contributed by atoms with E-state index in [2.05, 4.69) is 33.0 Å². The van der Waals surface area contributed by atoms with Crippen molar-refractivity contribution in [2.45, 2.75) is 98.0 Å². The van der Waals surface area contributed by atoms with Crippen molar-refractivity contribution < 1.29 is 14.3 Å². The van der Waals surface area contributed by atoms with Gasteiger partial charge in [0.1, 0.15) is 6.10 Å². The van der Waals surface area contributed by atoms with Crippen molar-refractivity contribution in [1.29, 1.82) is 0 Å². The molecule has 0 aromatic heterocycles. The van der Waals surface area contributed by atoms with Gasteiger partial charge in [0, 0.05) is 18.4 Å². The molecule has 3 fully saturated rings. The molecule has 0 saturated heterocycles. The predicted octanol–water partition coefficient (Wildman–Crippen LogP) is 6.05. The van der Waals surface area contributed by atoms with Gasteiger partial charge < -0.3 is 10.1 Å². The van der Waals surface area contributed by atoms with Crippen LogP contribution in [-0.4, -0.2) is 24.5 Å². The molecule has 0 aromatic carbocycles. The minimum absolute atomic E-state index is 0.0412. The average Bonchev–Trinajstić information content (AvgIpc) is 3.03.